The highest BCUT2D eigenvalue weighted by Gasteiger charge is 2.28. The van der Waals surface area contributed by atoms with E-state index in [1.165, 1.54) is 4.31 Å². The van der Waals surface area contributed by atoms with Crippen LogP contribution in [-0.4, -0.2) is 30.8 Å². The predicted octanol–water partition coefficient (Wildman–Crippen LogP) is 1.70. The summed E-state index contributed by atoms with van der Waals surface area (Å²) in [5.41, 5.74) is 6.02. The lowest BCUT2D eigenvalue weighted by atomic mass is 10.2. The van der Waals surface area contributed by atoms with Crippen molar-refractivity contribution in [1.82, 2.24) is 9.29 Å². The lowest BCUT2D eigenvalue weighted by Crippen LogP contribution is -2.33. The van der Waals surface area contributed by atoms with E-state index in [4.69, 9.17) is 5.73 Å². The minimum absolute atomic E-state index is 0.262. The van der Waals surface area contributed by atoms with Crippen molar-refractivity contribution in [3.8, 4) is 0 Å². The van der Waals surface area contributed by atoms with Gasteiger partial charge in [-0.25, -0.2) is 13.4 Å². The lowest BCUT2D eigenvalue weighted by Gasteiger charge is -2.21. The largest absolute Gasteiger partial charge is 0.375 e. The van der Waals surface area contributed by atoms with E-state index >= 15 is 0 Å². The quantitative estimate of drug-likeness (QED) is 0.888. The zero-order chi connectivity index (χ0) is 13.2. The lowest BCUT2D eigenvalue weighted by molar-refractivity contribution is 0.381. The molecule has 0 saturated carbocycles. The Morgan fingerprint density at radius 2 is 2.06 bits per heavy atom. The maximum Gasteiger partial charge on any atom is 0.254 e. The van der Waals surface area contributed by atoms with Crippen LogP contribution in [0.5, 0.6) is 0 Å². The summed E-state index contributed by atoms with van der Waals surface area (Å²) in [7, 11) is -3.45. The normalized spacial score (nSPS) is 12.6. The highest BCUT2D eigenvalue weighted by molar-refractivity contribution is 7.91. The van der Waals surface area contributed by atoms with Crippen LogP contribution in [0.4, 0.5) is 5.13 Å². The van der Waals surface area contributed by atoms with Crippen molar-refractivity contribution in [2.45, 2.75) is 31.9 Å². The molecule has 17 heavy (non-hydrogen) atoms. The highest BCUT2D eigenvalue weighted by atomic mass is 32.2. The number of anilines is 1. The van der Waals surface area contributed by atoms with Gasteiger partial charge in [-0.2, -0.15) is 4.31 Å². The number of thiazole rings is 1. The standard InChI is InChI=1S/C10H19N3O2S2/c1-5-13(6-7(2)3)17(14,15)9-8(4)12-10(11)16-9/h7H,5-6H2,1-4H3,(H2,11,12). The van der Waals surface area contributed by atoms with Crippen LogP contribution in [0.15, 0.2) is 4.21 Å². The van der Waals surface area contributed by atoms with Gasteiger partial charge in [0.05, 0.1) is 5.69 Å². The van der Waals surface area contributed by atoms with Gasteiger partial charge in [0.15, 0.2) is 9.34 Å². The Bertz CT molecular complexity index is 480. The van der Waals surface area contributed by atoms with Crippen molar-refractivity contribution in [3.63, 3.8) is 0 Å². The number of nitrogen functional groups attached to an aromatic ring is 1. The third-order valence-corrected chi connectivity index (χ3v) is 5.78. The van der Waals surface area contributed by atoms with Crippen LogP contribution in [0.1, 0.15) is 26.5 Å². The molecule has 0 aromatic carbocycles. The zero-order valence-electron chi connectivity index (χ0n) is 10.6. The fraction of sp³-hybridized carbons (Fsp3) is 0.700. The highest BCUT2D eigenvalue weighted by Crippen LogP contribution is 2.28. The van der Waals surface area contributed by atoms with Gasteiger partial charge in [-0.05, 0) is 12.8 Å². The molecule has 0 aliphatic rings. The van der Waals surface area contributed by atoms with Crippen LogP contribution < -0.4 is 5.73 Å². The maximum absolute atomic E-state index is 12.4. The number of hydrogen-bond acceptors (Lipinski definition) is 5. The van der Waals surface area contributed by atoms with Gasteiger partial charge >= 0.3 is 0 Å². The smallest absolute Gasteiger partial charge is 0.254 e. The van der Waals surface area contributed by atoms with Crippen LogP contribution in [0.25, 0.3) is 0 Å². The van der Waals surface area contributed by atoms with E-state index < -0.39 is 10.0 Å². The summed E-state index contributed by atoms with van der Waals surface area (Å²) in [6.45, 7) is 8.45. The molecular weight excluding hydrogens is 258 g/mol. The van der Waals surface area contributed by atoms with Crippen molar-refractivity contribution in [1.29, 1.82) is 0 Å². The zero-order valence-corrected chi connectivity index (χ0v) is 12.2. The molecule has 98 valence electrons. The van der Waals surface area contributed by atoms with Crippen LogP contribution in [-0.2, 0) is 10.0 Å². The van der Waals surface area contributed by atoms with E-state index in [1.807, 2.05) is 20.8 Å². The molecule has 0 atom stereocenters. The Hall–Kier alpha value is -0.660. The second-order valence-electron chi connectivity index (χ2n) is 4.27. The first-order valence-corrected chi connectivity index (χ1v) is 7.77. The fourth-order valence-electron chi connectivity index (χ4n) is 1.56. The van der Waals surface area contributed by atoms with E-state index in [9.17, 15) is 8.42 Å². The van der Waals surface area contributed by atoms with Gasteiger partial charge in [-0.3, -0.25) is 0 Å². The van der Waals surface area contributed by atoms with Gasteiger partial charge in [0.25, 0.3) is 10.0 Å². The van der Waals surface area contributed by atoms with Gasteiger partial charge in [-0.1, -0.05) is 32.1 Å². The molecule has 0 amide bonds. The van der Waals surface area contributed by atoms with Crippen molar-refractivity contribution < 1.29 is 8.42 Å². The maximum atomic E-state index is 12.4. The third kappa shape index (κ3) is 3.17. The number of aryl methyl sites for hydroxylation is 1. The average molecular weight is 277 g/mol. The van der Waals surface area contributed by atoms with Gasteiger partial charge in [-0.15, -0.1) is 0 Å². The van der Waals surface area contributed by atoms with Crippen LogP contribution in [0.3, 0.4) is 0 Å². The van der Waals surface area contributed by atoms with Gasteiger partial charge < -0.3 is 5.73 Å². The summed E-state index contributed by atoms with van der Waals surface area (Å²) in [6, 6.07) is 0. The third-order valence-electron chi connectivity index (χ3n) is 2.27. The van der Waals surface area contributed by atoms with Crippen molar-refractivity contribution in [2.24, 2.45) is 5.92 Å². The summed E-state index contributed by atoms with van der Waals surface area (Å²) < 4.78 is 26.5. The molecule has 0 aliphatic carbocycles. The van der Waals surface area contributed by atoms with Crippen LogP contribution >= 0.6 is 11.3 Å². The SMILES string of the molecule is CCN(CC(C)C)S(=O)(=O)c1sc(N)nc1C. The predicted molar refractivity (Wildman–Crippen MR) is 70.5 cm³/mol. The Morgan fingerprint density at radius 3 is 2.41 bits per heavy atom. The molecule has 1 aromatic heterocycles. The molecule has 0 unspecified atom stereocenters. The van der Waals surface area contributed by atoms with E-state index in [0.717, 1.165) is 11.3 Å². The summed E-state index contributed by atoms with van der Waals surface area (Å²) in [5, 5.41) is 0.293. The molecule has 1 rings (SSSR count). The first-order chi connectivity index (χ1) is 7.78. The topological polar surface area (TPSA) is 76.3 Å². The minimum atomic E-state index is -3.45. The van der Waals surface area contributed by atoms with Gasteiger partial charge in [0.1, 0.15) is 0 Å². The molecule has 7 heteroatoms. The molecule has 0 aliphatic heterocycles. The van der Waals surface area contributed by atoms with Crippen molar-refractivity contribution in [3.05, 3.63) is 5.69 Å². The van der Waals surface area contributed by atoms with Crippen molar-refractivity contribution >= 4 is 26.5 Å². The number of nitrogens with two attached hydrogens (primary N) is 1. The Labute approximate surface area is 107 Å². The van der Waals surface area contributed by atoms with Gasteiger partial charge in [0, 0.05) is 13.1 Å². The van der Waals surface area contributed by atoms with E-state index in [-0.39, 0.29) is 10.1 Å². The molecule has 0 spiro atoms. The molecule has 2 N–H and O–H groups in total. The fourth-order valence-corrected chi connectivity index (χ4v) is 4.61. The molecular formula is C10H19N3O2S2. The molecule has 0 radical (unpaired) electrons. The Kier molecular flexibility index (Phi) is 4.51. The number of nitrogens with zero attached hydrogens (tertiary/aromatic N) is 2. The monoisotopic (exact) mass is 277 g/mol. The van der Waals surface area contributed by atoms with E-state index in [2.05, 4.69) is 4.98 Å². The summed E-state index contributed by atoms with van der Waals surface area (Å²) >= 11 is 1.03. The first-order valence-electron chi connectivity index (χ1n) is 5.52. The molecule has 0 saturated heterocycles. The second-order valence-corrected chi connectivity index (χ2v) is 7.44. The molecule has 1 heterocycles. The van der Waals surface area contributed by atoms with Crippen LogP contribution in [0.2, 0.25) is 0 Å². The summed E-state index contributed by atoms with van der Waals surface area (Å²) in [6.07, 6.45) is 0. The van der Waals surface area contributed by atoms with E-state index in [0.29, 0.717) is 23.9 Å². The molecule has 5 nitrogen and oxygen atoms in total. The molecule has 0 fully saturated rings. The van der Waals surface area contributed by atoms with Gasteiger partial charge in [0.2, 0.25) is 0 Å². The number of rotatable bonds is 5. The Morgan fingerprint density at radius 1 is 1.47 bits per heavy atom. The number of sulfonamides is 1. The summed E-state index contributed by atoms with van der Waals surface area (Å²) in [4.78, 5) is 3.96. The van der Waals surface area contributed by atoms with Crippen molar-refractivity contribution in [2.75, 3.05) is 18.8 Å². The van der Waals surface area contributed by atoms with E-state index in [1.54, 1.807) is 6.92 Å². The first kappa shape index (κ1) is 14.4. The Balaban J connectivity index is 3.13. The molecule has 0 bridgehead atoms. The minimum Gasteiger partial charge on any atom is -0.375 e. The van der Waals surface area contributed by atoms with Crippen LogP contribution in [0, 0.1) is 12.8 Å². The number of hydrogen-bond donors (Lipinski definition) is 1. The molecule has 1 aromatic rings. The average Bonchev–Trinajstić information content (AvgIpc) is 2.54. The summed E-state index contributed by atoms with van der Waals surface area (Å²) in [5.74, 6) is 0.287. The second kappa shape index (κ2) is 5.32. The number of aromatic nitrogens is 1.